The van der Waals surface area contributed by atoms with E-state index in [2.05, 4.69) is 10.2 Å². The van der Waals surface area contributed by atoms with Crippen molar-refractivity contribution in [2.45, 2.75) is 37.6 Å². The number of nitrogens with one attached hydrogen (secondary N) is 1. The number of benzene rings is 2. The van der Waals surface area contributed by atoms with E-state index in [1.807, 2.05) is 56.3 Å². The molecule has 0 aliphatic carbocycles. The van der Waals surface area contributed by atoms with Crippen LogP contribution >= 0.6 is 0 Å². The molecule has 28 heavy (non-hydrogen) atoms. The van der Waals surface area contributed by atoms with Crippen LogP contribution in [0.5, 0.6) is 0 Å². The summed E-state index contributed by atoms with van der Waals surface area (Å²) in [7, 11) is -3.29. The molecule has 2 aromatic carbocycles. The molecule has 1 saturated heterocycles. The van der Waals surface area contributed by atoms with Crippen molar-refractivity contribution in [1.29, 1.82) is 0 Å². The van der Waals surface area contributed by atoms with E-state index in [1.54, 1.807) is 6.07 Å². The summed E-state index contributed by atoms with van der Waals surface area (Å²) in [5, 5.41) is 3.08. The third-order valence-electron chi connectivity index (χ3n) is 5.31. The highest BCUT2D eigenvalue weighted by atomic mass is 32.2. The van der Waals surface area contributed by atoms with Crippen LogP contribution in [-0.2, 0) is 9.84 Å². The van der Waals surface area contributed by atoms with Gasteiger partial charge >= 0.3 is 0 Å². The Hall–Kier alpha value is -2.18. The van der Waals surface area contributed by atoms with Gasteiger partial charge in [0.25, 0.3) is 5.91 Å². The Bertz CT molecular complexity index is 918. The molecule has 0 spiro atoms. The molecule has 0 saturated carbocycles. The third kappa shape index (κ3) is 5.20. The monoisotopic (exact) mass is 400 g/mol. The maximum absolute atomic E-state index is 12.7. The first-order valence-corrected chi connectivity index (χ1v) is 11.4. The van der Waals surface area contributed by atoms with Crippen molar-refractivity contribution in [3.8, 4) is 0 Å². The van der Waals surface area contributed by atoms with Crippen LogP contribution in [0, 0.1) is 13.8 Å². The number of sulfone groups is 1. The lowest BCUT2D eigenvalue weighted by atomic mass is 10.0. The minimum absolute atomic E-state index is 0.0449. The lowest BCUT2D eigenvalue weighted by Gasteiger charge is -2.32. The first-order chi connectivity index (χ1) is 13.3. The van der Waals surface area contributed by atoms with Gasteiger partial charge in [0.2, 0.25) is 0 Å². The van der Waals surface area contributed by atoms with E-state index in [1.165, 1.54) is 0 Å². The van der Waals surface area contributed by atoms with Gasteiger partial charge in [-0.1, -0.05) is 30.3 Å². The zero-order valence-corrected chi connectivity index (χ0v) is 17.3. The Kier molecular flexibility index (Phi) is 6.52. The van der Waals surface area contributed by atoms with Crippen LogP contribution in [0.25, 0.3) is 0 Å². The van der Waals surface area contributed by atoms with E-state index in [4.69, 9.17) is 0 Å². The summed E-state index contributed by atoms with van der Waals surface area (Å²) in [5.74, 6) is 0.0785. The van der Waals surface area contributed by atoms with Crippen molar-refractivity contribution in [3.63, 3.8) is 0 Å². The number of aryl methyl sites for hydroxylation is 2. The van der Waals surface area contributed by atoms with E-state index in [0.717, 1.165) is 37.1 Å². The summed E-state index contributed by atoms with van der Waals surface area (Å²) in [6, 6.07) is 14.9. The van der Waals surface area contributed by atoms with E-state index < -0.39 is 9.84 Å². The average molecular weight is 401 g/mol. The van der Waals surface area contributed by atoms with Crippen LogP contribution in [0.3, 0.4) is 0 Å². The van der Waals surface area contributed by atoms with Gasteiger partial charge in [-0.15, -0.1) is 0 Å². The summed E-state index contributed by atoms with van der Waals surface area (Å²) in [6.07, 6.45) is 1.67. The molecule has 1 heterocycles. The van der Waals surface area contributed by atoms with Crippen LogP contribution in [0.1, 0.15) is 34.3 Å². The fourth-order valence-electron chi connectivity index (χ4n) is 3.56. The number of rotatable bonds is 6. The predicted molar refractivity (Wildman–Crippen MR) is 111 cm³/mol. The van der Waals surface area contributed by atoms with Gasteiger partial charge in [0, 0.05) is 31.2 Å². The maximum Gasteiger partial charge on any atom is 0.251 e. The van der Waals surface area contributed by atoms with E-state index in [-0.39, 0.29) is 17.7 Å². The molecule has 3 rings (SSSR count). The number of carbonyl (C=O) groups excluding carboxylic acids is 1. The number of hydrogen-bond donors (Lipinski definition) is 1. The number of likely N-dealkylation sites (tertiary alicyclic amines) is 1. The molecule has 6 heteroatoms. The number of hydrogen-bond acceptors (Lipinski definition) is 4. The van der Waals surface area contributed by atoms with Crippen LogP contribution < -0.4 is 5.32 Å². The molecule has 1 amide bonds. The van der Waals surface area contributed by atoms with Gasteiger partial charge in [-0.25, -0.2) is 8.42 Å². The van der Waals surface area contributed by atoms with Crippen molar-refractivity contribution in [2.75, 3.05) is 25.4 Å². The van der Waals surface area contributed by atoms with Gasteiger partial charge in [-0.05, 0) is 56.0 Å². The molecule has 1 aliphatic rings. The molecular weight excluding hydrogens is 372 g/mol. The Balaban J connectivity index is 1.49. The SMILES string of the molecule is Cc1ccc(C)c(S(=O)(=O)CCN2CCC(NC(=O)c3ccccc3)CC2)c1. The molecule has 5 nitrogen and oxygen atoms in total. The van der Waals surface area contributed by atoms with Crippen molar-refractivity contribution in [1.82, 2.24) is 10.2 Å². The molecule has 1 aliphatic heterocycles. The number of piperidine rings is 1. The van der Waals surface area contributed by atoms with Crippen LogP contribution in [0.2, 0.25) is 0 Å². The molecule has 150 valence electrons. The van der Waals surface area contributed by atoms with Gasteiger partial charge < -0.3 is 10.2 Å². The van der Waals surface area contributed by atoms with Crippen molar-refractivity contribution >= 4 is 15.7 Å². The summed E-state index contributed by atoms with van der Waals surface area (Å²) in [6.45, 7) is 5.86. The fraction of sp³-hybridized carbons (Fsp3) is 0.409. The third-order valence-corrected chi connectivity index (χ3v) is 7.14. The second kappa shape index (κ2) is 8.88. The highest BCUT2D eigenvalue weighted by Gasteiger charge is 2.23. The molecule has 0 unspecified atom stereocenters. The van der Waals surface area contributed by atoms with Gasteiger partial charge in [-0.3, -0.25) is 4.79 Å². The van der Waals surface area contributed by atoms with Gasteiger partial charge in [0.15, 0.2) is 9.84 Å². The zero-order valence-electron chi connectivity index (χ0n) is 16.5. The molecule has 0 atom stereocenters. The smallest absolute Gasteiger partial charge is 0.251 e. The molecular formula is C22H28N2O3S. The van der Waals surface area contributed by atoms with E-state index in [0.29, 0.717) is 17.0 Å². The quantitative estimate of drug-likeness (QED) is 0.810. The molecule has 0 bridgehead atoms. The second-order valence-corrected chi connectivity index (χ2v) is 9.62. The van der Waals surface area contributed by atoms with E-state index in [9.17, 15) is 13.2 Å². The molecule has 0 radical (unpaired) electrons. The molecule has 1 fully saturated rings. The number of nitrogens with zero attached hydrogens (tertiary/aromatic N) is 1. The van der Waals surface area contributed by atoms with E-state index >= 15 is 0 Å². The zero-order chi connectivity index (χ0) is 20.1. The molecule has 0 aromatic heterocycles. The lowest BCUT2D eigenvalue weighted by molar-refractivity contribution is 0.0913. The highest BCUT2D eigenvalue weighted by molar-refractivity contribution is 7.91. The minimum Gasteiger partial charge on any atom is -0.349 e. The van der Waals surface area contributed by atoms with Gasteiger partial charge in [0.05, 0.1) is 10.6 Å². The Morgan fingerprint density at radius 2 is 1.75 bits per heavy atom. The minimum atomic E-state index is -3.29. The van der Waals surface area contributed by atoms with Gasteiger partial charge in [-0.2, -0.15) is 0 Å². The first-order valence-electron chi connectivity index (χ1n) is 9.73. The molecule has 2 aromatic rings. The average Bonchev–Trinajstić information content (AvgIpc) is 2.70. The lowest BCUT2D eigenvalue weighted by Crippen LogP contribution is -2.45. The van der Waals surface area contributed by atoms with Crippen molar-refractivity contribution < 1.29 is 13.2 Å². The second-order valence-electron chi connectivity index (χ2n) is 7.54. The fourth-order valence-corrected chi connectivity index (χ4v) is 5.20. The predicted octanol–water partition coefficient (Wildman–Crippen LogP) is 2.97. The Labute approximate surface area is 167 Å². The van der Waals surface area contributed by atoms with Crippen LogP contribution in [0.15, 0.2) is 53.4 Å². The molecule has 1 N–H and O–H groups in total. The van der Waals surface area contributed by atoms with Gasteiger partial charge in [0.1, 0.15) is 0 Å². The Morgan fingerprint density at radius 3 is 2.43 bits per heavy atom. The summed E-state index contributed by atoms with van der Waals surface area (Å²) in [4.78, 5) is 14.9. The summed E-state index contributed by atoms with van der Waals surface area (Å²) < 4.78 is 25.5. The summed E-state index contributed by atoms with van der Waals surface area (Å²) in [5.41, 5.74) is 2.43. The number of carbonyl (C=O) groups is 1. The highest BCUT2D eigenvalue weighted by Crippen LogP contribution is 2.19. The standard InChI is InChI=1S/C22H28N2O3S/c1-17-8-9-18(2)21(16-17)28(26,27)15-14-24-12-10-20(11-13-24)23-22(25)19-6-4-3-5-7-19/h3-9,16,20H,10-15H2,1-2H3,(H,23,25). The number of amides is 1. The largest absolute Gasteiger partial charge is 0.349 e. The van der Waals surface area contributed by atoms with Crippen LogP contribution in [-0.4, -0.2) is 50.7 Å². The topological polar surface area (TPSA) is 66.5 Å². The first kappa shape index (κ1) is 20.6. The van der Waals surface area contributed by atoms with Crippen LogP contribution in [0.4, 0.5) is 0 Å². The van der Waals surface area contributed by atoms with Crippen molar-refractivity contribution in [2.24, 2.45) is 0 Å². The van der Waals surface area contributed by atoms with Crippen molar-refractivity contribution in [3.05, 3.63) is 65.2 Å². The summed E-state index contributed by atoms with van der Waals surface area (Å²) >= 11 is 0. The Morgan fingerprint density at radius 1 is 1.07 bits per heavy atom. The normalized spacial score (nSPS) is 16.1. The maximum atomic E-state index is 12.7.